The summed E-state index contributed by atoms with van der Waals surface area (Å²) >= 11 is 0. The minimum atomic E-state index is 1.03. The minimum absolute atomic E-state index is 1.03. The van der Waals surface area contributed by atoms with Crippen LogP contribution in [0.4, 0.5) is 5.69 Å². The van der Waals surface area contributed by atoms with E-state index < -0.39 is 0 Å². The highest BCUT2D eigenvalue weighted by atomic mass is 15.1. The first-order valence-corrected chi connectivity index (χ1v) is 8.85. The molecule has 2 aromatic heterocycles. The second-order valence-corrected chi connectivity index (χ2v) is 6.44. The maximum absolute atomic E-state index is 4.22. The fraction of sp³-hybridized carbons (Fsp3) is 0.130. The van der Waals surface area contributed by atoms with Gasteiger partial charge in [0, 0.05) is 43.2 Å². The van der Waals surface area contributed by atoms with E-state index in [1.165, 1.54) is 28.1 Å². The zero-order valence-corrected chi connectivity index (χ0v) is 14.8. The molecule has 0 bridgehead atoms. The molecular weight excluding hydrogens is 318 g/mol. The Balaban J connectivity index is 1.52. The molecule has 0 amide bonds. The van der Waals surface area contributed by atoms with Gasteiger partial charge in [-0.1, -0.05) is 30.3 Å². The van der Waals surface area contributed by atoms with Crippen LogP contribution in [0, 0.1) is 0 Å². The molecule has 0 unspecified atom stereocenters. The molecule has 2 heterocycles. The van der Waals surface area contributed by atoms with Gasteiger partial charge in [0.05, 0.1) is 0 Å². The van der Waals surface area contributed by atoms with Gasteiger partial charge in [-0.15, -0.1) is 0 Å². The predicted molar refractivity (Wildman–Crippen MR) is 108 cm³/mol. The third kappa shape index (κ3) is 3.42. The summed E-state index contributed by atoms with van der Waals surface area (Å²) in [5.41, 5.74) is 7.41. The fourth-order valence-corrected chi connectivity index (χ4v) is 3.28. The lowest BCUT2D eigenvalue weighted by Gasteiger charge is -2.25. The number of rotatable bonds is 4. The van der Waals surface area contributed by atoms with Crippen molar-refractivity contribution < 1.29 is 0 Å². The van der Waals surface area contributed by atoms with E-state index in [1.807, 2.05) is 30.7 Å². The molecule has 0 atom stereocenters. The Morgan fingerprint density at radius 3 is 2.00 bits per heavy atom. The number of nitrogens with zero attached hydrogens (tertiary/aromatic N) is 3. The average molecular weight is 339 g/mol. The largest absolute Gasteiger partial charge is 0.348 e. The first-order chi connectivity index (χ1) is 12.8. The van der Waals surface area contributed by atoms with Crippen molar-refractivity contribution >= 4 is 11.3 Å². The Morgan fingerprint density at radius 2 is 1.42 bits per heavy atom. The van der Waals surface area contributed by atoms with Crippen LogP contribution in [0.25, 0.3) is 16.7 Å². The SMILES string of the molecule is CN(C1=CC=C(c2cccnc2)CC1)c1ccc(-c2cccnc2)cc1. The molecule has 0 aliphatic heterocycles. The van der Waals surface area contributed by atoms with Gasteiger partial charge in [0.15, 0.2) is 0 Å². The van der Waals surface area contributed by atoms with E-state index in [9.17, 15) is 0 Å². The average Bonchev–Trinajstić information content (AvgIpc) is 2.75. The van der Waals surface area contributed by atoms with Gasteiger partial charge in [0.2, 0.25) is 0 Å². The first kappa shape index (κ1) is 16.3. The highest BCUT2D eigenvalue weighted by Crippen LogP contribution is 2.30. The van der Waals surface area contributed by atoms with Gasteiger partial charge >= 0.3 is 0 Å². The van der Waals surface area contributed by atoms with Crippen LogP contribution >= 0.6 is 0 Å². The Labute approximate surface area is 154 Å². The van der Waals surface area contributed by atoms with E-state index in [2.05, 4.69) is 70.5 Å². The Morgan fingerprint density at radius 1 is 0.731 bits per heavy atom. The van der Waals surface area contributed by atoms with Crippen molar-refractivity contribution in [3.05, 3.63) is 96.7 Å². The van der Waals surface area contributed by atoms with Crippen molar-refractivity contribution in [3.8, 4) is 11.1 Å². The summed E-state index contributed by atoms with van der Waals surface area (Å²) in [5, 5.41) is 0. The third-order valence-corrected chi connectivity index (χ3v) is 4.84. The predicted octanol–water partition coefficient (Wildman–Crippen LogP) is 5.34. The van der Waals surface area contributed by atoms with Crippen LogP contribution in [0.5, 0.6) is 0 Å². The zero-order valence-electron chi connectivity index (χ0n) is 14.8. The second kappa shape index (κ2) is 7.36. The van der Waals surface area contributed by atoms with Gasteiger partial charge in [-0.25, -0.2) is 0 Å². The molecule has 0 spiro atoms. The number of anilines is 1. The smallest absolute Gasteiger partial charge is 0.0406 e. The summed E-state index contributed by atoms with van der Waals surface area (Å²) in [4.78, 5) is 10.7. The number of pyridine rings is 2. The Kier molecular flexibility index (Phi) is 4.61. The van der Waals surface area contributed by atoms with E-state index in [0.717, 1.165) is 18.4 Å². The van der Waals surface area contributed by atoms with E-state index in [4.69, 9.17) is 0 Å². The minimum Gasteiger partial charge on any atom is -0.348 e. The van der Waals surface area contributed by atoms with Crippen molar-refractivity contribution in [2.75, 3.05) is 11.9 Å². The zero-order chi connectivity index (χ0) is 17.8. The van der Waals surface area contributed by atoms with Crippen LogP contribution in [-0.2, 0) is 0 Å². The first-order valence-electron chi connectivity index (χ1n) is 8.85. The van der Waals surface area contributed by atoms with Crippen molar-refractivity contribution in [2.24, 2.45) is 0 Å². The summed E-state index contributed by atoms with van der Waals surface area (Å²) < 4.78 is 0. The van der Waals surface area contributed by atoms with Crippen LogP contribution < -0.4 is 4.90 Å². The monoisotopic (exact) mass is 339 g/mol. The summed E-state index contributed by atoms with van der Waals surface area (Å²) in [7, 11) is 2.13. The lowest BCUT2D eigenvalue weighted by molar-refractivity contribution is 0.906. The quantitative estimate of drug-likeness (QED) is 0.642. The molecular formula is C23H21N3. The summed E-state index contributed by atoms with van der Waals surface area (Å²) in [6.45, 7) is 0. The fourth-order valence-electron chi connectivity index (χ4n) is 3.28. The number of allylic oxidation sites excluding steroid dienone is 4. The van der Waals surface area contributed by atoms with Crippen molar-refractivity contribution in [2.45, 2.75) is 12.8 Å². The maximum Gasteiger partial charge on any atom is 0.0406 e. The van der Waals surface area contributed by atoms with Gasteiger partial charge in [0.25, 0.3) is 0 Å². The molecule has 3 nitrogen and oxygen atoms in total. The number of aromatic nitrogens is 2. The molecule has 0 radical (unpaired) electrons. The van der Waals surface area contributed by atoms with Crippen LogP contribution in [0.2, 0.25) is 0 Å². The molecule has 3 aromatic rings. The molecule has 26 heavy (non-hydrogen) atoms. The lowest BCUT2D eigenvalue weighted by atomic mass is 9.96. The molecule has 3 heteroatoms. The van der Waals surface area contributed by atoms with E-state index in [1.54, 1.807) is 6.20 Å². The van der Waals surface area contributed by atoms with Gasteiger partial charge in [-0.05, 0) is 65.4 Å². The molecule has 128 valence electrons. The molecule has 4 rings (SSSR count). The van der Waals surface area contributed by atoms with E-state index in [0.29, 0.717) is 0 Å². The normalized spacial score (nSPS) is 13.7. The molecule has 0 fully saturated rings. The van der Waals surface area contributed by atoms with E-state index >= 15 is 0 Å². The standard InChI is InChI=1S/C23H21N3/c1-26(22-10-6-18(7-11-22)20-4-2-14-24-16-20)23-12-8-19(9-13-23)21-5-3-15-25-17-21/h2-8,10-12,14-17H,9,13H2,1H3. The topological polar surface area (TPSA) is 29.0 Å². The molecule has 0 N–H and O–H groups in total. The van der Waals surface area contributed by atoms with Crippen molar-refractivity contribution in [1.29, 1.82) is 0 Å². The highest BCUT2D eigenvalue weighted by molar-refractivity contribution is 5.70. The van der Waals surface area contributed by atoms with Gasteiger partial charge in [-0.2, -0.15) is 0 Å². The van der Waals surface area contributed by atoms with Crippen LogP contribution in [0.15, 0.2) is 91.2 Å². The second-order valence-electron chi connectivity index (χ2n) is 6.44. The highest BCUT2D eigenvalue weighted by Gasteiger charge is 2.13. The van der Waals surface area contributed by atoms with Crippen LogP contribution in [0.1, 0.15) is 18.4 Å². The lowest BCUT2D eigenvalue weighted by Crippen LogP contribution is -2.17. The molecule has 1 aliphatic carbocycles. The van der Waals surface area contributed by atoms with E-state index in [-0.39, 0.29) is 0 Å². The van der Waals surface area contributed by atoms with Crippen LogP contribution in [0.3, 0.4) is 0 Å². The molecule has 0 saturated heterocycles. The Bertz CT molecular complexity index is 926. The Hall–Kier alpha value is -3.20. The van der Waals surface area contributed by atoms with Gasteiger partial charge in [-0.3, -0.25) is 9.97 Å². The number of hydrogen-bond donors (Lipinski definition) is 0. The molecule has 0 saturated carbocycles. The van der Waals surface area contributed by atoms with Gasteiger partial charge < -0.3 is 4.90 Å². The maximum atomic E-state index is 4.22. The van der Waals surface area contributed by atoms with Crippen molar-refractivity contribution in [1.82, 2.24) is 9.97 Å². The summed E-state index contributed by atoms with van der Waals surface area (Å²) in [6, 6.07) is 16.8. The van der Waals surface area contributed by atoms with Gasteiger partial charge in [0.1, 0.15) is 0 Å². The third-order valence-electron chi connectivity index (χ3n) is 4.84. The molecule has 1 aromatic carbocycles. The van der Waals surface area contributed by atoms with Crippen LogP contribution in [-0.4, -0.2) is 17.0 Å². The van der Waals surface area contributed by atoms with Crippen molar-refractivity contribution in [3.63, 3.8) is 0 Å². The summed E-state index contributed by atoms with van der Waals surface area (Å²) in [5.74, 6) is 0. The molecule has 1 aliphatic rings. The number of hydrogen-bond acceptors (Lipinski definition) is 3. The summed E-state index contributed by atoms with van der Waals surface area (Å²) in [6.07, 6.45) is 14.0. The number of benzene rings is 1.